The van der Waals surface area contributed by atoms with E-state index in [-0.39, 0.29) is 52.3 Å². The Bertz CT molecular complexity index is 1410. The molecule has 10 heteroatoms. The number of likely N-dealkylation sites (tertiary alicyclic amines) is 1. The van der Waals surface area contributed by atoms with Crippen molar-refractivity contribution >= 4 is 23.8 Å². The number of carbonyl (C=O) groups excluding carboxylic acids is 4. The number of hydrogen-bond donors (Lipinski definition) is 5. The van der Waals surface area contributed by atoms with Gasteiger partial charge in [-0.25, -0.2) is 4.79 Å². The molecular formula is C38H55N5O5. The number of carbonyl (C=O) groups is 4. The van der Waals surface area contributed by atoms with Crippen molar-refractivity contribution in [1.29, 1.82) is 0 Å². The summed E-state index contributed by atoms with van der Waals surface area (Å²) in [5.41, 5.74) is 6.19. The third-order valence-corrected chi connectivity index (χ3v) is 12.4. The first kappa shape index (κ1) is 34.3. The molecule has 48 heavy (non-hydrogen) atoms. The molecule has 0 radical (unpaired) electrons. The van der Waals surface area contributed by atoms with Gasteiger partial charge in [-0.15, -0.1) is 0 Å². The van der Waals surface area contributed by atoms with Crippen LogP contribution in [0.2, 0.25) is 0 Å². The molecule has 5 amide bonds. The molecule has 4 saturated carbocycles. The molecule has 0 aromatic heterocycles. The zero-order valence-corrected chi connectivity index (χ0v) is 28.8. The highest BCUT2D eigenvalue weighted by molar-refractivity contribution is 5.96. The molecule has 6 N–H and O–H groups in total. The molecule has 3 unspecified atom stereocenters. The van der Waals surface area contributed by atoms with Gasteiger partial charge in [0.1, 0.15) is 17.8 Å². The lowest BCUT2D eigenvalue weighted by Gasteiger charge is -2.40. The Morgan fingerprint density at radius 3 is 2.33 bits per heavy atom. The fourth-order valence-corrected chi connectivity index (χ4v) is 9.29. The van der Waals surface area contributed by atoms with Gasteiger partial charge in [-0.2, -0.15) is 0 Å². The molecule has 1 saturated heterocycles. The summed E-state index contributed by atoms with van der Waals surface area (Å²) in [6, 6.07) is 4.86. The van der Waals surface area contributed by atoms with Crippen molar-refractivity contribution in [3.05, 3.63) is 42.0 Å². The third-order valence-electron chi connectivity index (χ3n) is 12.4. The average Bonchev–Trinajstić information content (AvgIpc) is 3.91. The van der Waals surface area contributed by atoms with Gasteiger partial charge in [0, 0.05) is 17.7 Å². The van der Waals surface area contributed by atoms with E-state index in [1.54, 1.807) is 17.0 Å². The summed E-state index contributed by atoms with van der Waals surface area (Å²) in [5.74, 6) is -0.295. The molecule has 0 bridgehead atoms. The largest absolute Gasteiger partial charge is 0.508 e. The van der Waals surface area contributed by atoms with Crippen LogP contribution in [0.5, 0.6) is 5.75 Å². The second kappa shape index (κ2) is 13.7. The Labute approximate surface area is 285 Å². The number of fused-ring (bicyclic) bond motifs is 1. The van der Waals surface area contributed by atoms with Crippen LogP contribution in [0.1, 0.15) is 103 Å². The van der Waals surface area contributed by atoms with Gasteiger partial charge in [0.05, 0.1) is 6.04 Å². The number of nitrogens with zero attached hydrogens (tertiary/aromatic N) is 1. The second-order valence-corrected chi connectivity index (χ2v) is 16.2. The maximum Gasteiger partial charge on any atom is 0.315 e. The second-order valence-electron chi connectivity index (χ2n) is 16.2. The fraction of sp³-hybridized carbons (Fsp3) is 0.684. The number of benzene rings is 1. The molecule has 0 spiro atoms. The van der Waals surface area contributed by atoms with Gasteiger partial charge >= 0.3 is 6.03 Å². The van der Waals surface area contributed by atoms with E-state index in [9.17, 15) is 24.3 Å². The summed E-state index contributed by atoms with van der Waals surface area (Å²) in [4.78, 5) is 56.6. The van der Waals surface area contributed by atoms with Crippen LogP contribution < -0.4 is 21.7 Å². The lowest BCUT2D eigenvalue weighted by Crippen LogP contribution is -2.62. The summed E-state index contributed by atoms with van der Waals surface area (Å²) in [6.07, 6.45) is 12.9. The van der Waals surface area contributed by atoms with Gasteiger partial charge in [0.2, 0.25) is 17.7 Å². The lowest BCUT2D eigenvalue weighted by atomic mass is 9.77. The maximum absolute atomic E-state index is 14.7. The van der Waals surface area contributed by atoms with Crippen LogP contribution in [-0.4, -0.2) is 64.0 Å². The molecule has 1 aromatic rings. The molecule has 10 nitrogen and oxygen atoms in total. The SMILES string of the molecule is C=C(C(N)=O)C(CC1CC1)NC(=O)[C@@H]1C2C(CN1C(=O)[C@@H](NC(=O)NC1(Cc3cccc(O)c3)CCCCC1)C1CCCCC1)C2(C)C. The first-order valence-corrected chi connectivity index (χ1v) is 18.3. The molecule has 5 fully saturated rings. The maximum atomic E-state index is 14.7. The van der Waals surface area contributed by atoms with E-state index in [0.717, 1.165) is 82.6 Å². The minimum Gasteiger partial charge on any atom is -0.508 e. The van der Waals surface area contributed by atoms with Gasteiger partial charge in [0.25, 0.3) is 0 Å². The molecule has 1 aliphatic heterocycles. The number of hydrogen-bond acceptors (Lipinski definition) is 5. The molecule has 1 heterocycles. The van der Waals surface area contributed by atoms with E-state index < -0.39 is 29.6 Å². The van der Waals surface area contributed by atoms with Crippen LogP contribution in [-0.2, 0) is 20.8 Å². The van der Waals surface area contributed by atoms with Crippen LogP contribution in [0, 0.1) is 29.1 Å². The minimum atomic E-state index is -0.745. The average molecular weight is 662 g/mol. The first-order valence-electron chi connectivity index (χ1n) is 18.3. The highest BCUT2D eigenvalue weighted by atomic mass is 16.3. The Balaban J connectivity index is 1.21. The fourth-order valence-electron chi connectivity index (χ4n) is 9.29. The van der Waals surface area contributed by atoms with Crippen molar-refractivity contribution in [3.63, 3.8) is 0 Å². The first-order chi connectivity index (χ1) is 22.9. The van der Waals surface area contributed by atoms with Crippen molar-refractivity contribution < 1.29 is 24.3 Å². The summed E-state index contributed by atoms with van der Waals surface area (Å²) < 4.78 is 0. The van der Waals surface area contributed by atoms with Crippen molar-refractivity contribution in [3.8, 4) is 5.75 Å². The number of amides is 5. The van der Waals surface area contributed by atoms with Crippen molar-refractivity contribution in [2.45, 2.75) is 127 Å². The zero-order chi connectivity index (χ0) is 34.2. The predicted octanol–water partition coefficient (Wildman–Crippen LogP) is 4.70. The highest BCUT2D eigenvalue weighted by Crippen LogP contribution is 2.65. The number of nitrogens with two attached hydrogens (primary N) is 1. The van der Waals surface area contributed by atoms with Gasteiger partial charge < -0.3 is 31.7 Å². The standard InChI is InChI=1S/C38H55N5O5/c1-23(33(39)45)29(20-24-15-16-24)40-34(46)32-30-28(37(30,2)3)22-43(32)35(47)31(26-12-6-4-7-13-26)41-36(48)42-38(17-8-5-9-18-38)21-25-11-10-14-27(44)19-25/h10-11,14,19,24,26,28-32,44H,1,4-9,12-13,15-18,20-22H2,2-3H3,(H2,39,45)(H,40,46)(H2,41,42,48)/t28?,29?,30?,31-,32-/m0/s1. The van der Waals surface area contributed by atoms with Crippen molar-refractivity contribution in [1.82, 2.24) is 20.9 Å². The van der Waals surface area contributed by atoms with Gasteiger partial charge in [-0.1, -0.05) is 83.9 Å². The number of piperidine rings is 1. The lowest BCUT2D eigenvalue weighted by molar-refractivity contribution is -0.143. The van der Waals surface area contributed by atoms with Gasteiger partial charge in [-0.3, -0.25) is 14.4 Å². The summed E-state index contributed by atoms with van der Waals surface area (Å²) in [7, 11) is 0. The summed E-state index contributed by atoms with van der Waals surface area (Å²) in [6.45, 7) is 8.66. The van der Waals surface area contributed by atoms with E-state index in [2.05, 4.69) is 36.4 Å². The van der Waals surface area contributed by atoms with E-state index in [0.29, 0.717) is 25.3 Å². The van der Waals surface area contributed by atoms with Crippen LogP contribution in [0.25, 0.3) is 0 Å². The molecule has 5 aliphatic rings. The smallest absolute Gasteiger partial charge is 0.315 e. The number of primary amides is 1. The van der Waals surface area contributed by atoms with Crippen LogP contribution in [0.15, 0.2) is 36.4 Å². The zero-order valence-electron chi connectivity index (χ0n) is 28.8. The number of phenolic OH excluding ortho intramolecular Hbond substituents is 1. The predicted molar refractivity (Wildman–Crippen MR) is 184 cm³/mol. The number of urea groups is 1. The molecule has 6 rings (SSSR count). The minimum absolute atomic E-state index is 0.00139. The Kier molecular flexibility index (Phi) is 9.83. The number of nitrogens with one attached hydrogen (secondary N) is 3. The van der Waals surface area contributed by atoms with Gasteiger partial charge in [0.15, 0.2) is 0 Å². The quantitative estimate of drug-likeness (QED) is 0.206. The number of rotatable bonds is 12. The third kappa shape index (κ3) is 7.37. The number of phenols is 1. The summed E-state index contributed by atoms with van der Waals surface area (Å²) in [5, 5.41) is 19.7. The van der Waals surface area contributed by atoms with E-state index in [1.807, 2.05) is 12.1 Å². The van der Waals surface area contributed by atoms with Crippen LogP contribution >= 0.6 is 0 Å². The molecule has 262 valence electrons. The number of aromatic hydroxyl groups is 1. The molecule has 1 aromatic carbocycles. The molecule has 4 aliphatic carbocycles. The molecule has 5 atom stereocenters. The van der Waals surface area contributed by atoms with Crippen LogP contribution in [0.3, 0.4) is 0 Å². The van der Waals surface area contributed by atoms with Crippen molar-refractivity contribution in [2.24, 2.45) is 34.8 Å². The Morgan fingerprint density at radius 2 is 1.69 bits per heavy atom. The highest BCUT2D eigenvalue weighted by Gasteiger charge is 2.69. The van der Waals surface area contributed by atoms with Crippen molar-refractivity contribution in [2.75, 3.05) is 6.54 Å². The van der Waals surface area contributed by atoms with E-state index >= 15 is 0 Å². The van der Waals surface area contributed by atoms with E-state index in [1.165, 1.54) is 0 Å². The van der Waals surface area contributed by atoms with Crippen LogP contribution in [0.4, 0.5) is 4.79 Å². The Morgan fingerprint density at radius 1 is 1.00 bits per heavy atom. The monoisotopic (exact) mass is 661 g/mol. The summed E-state index contributed by atoms with van der Waals surface area (Å²) >= 11 is 0. The molecular weight excluding hydrogens is 606 g/mol. The van der Waals surface area contributed by atoms with E-state index in [4.69, 9.17) is 5.73 Å². The normalized spacial score (nSPS) is 27.2. The topological polar surface area (TPSA) is 154 Å². The Hall–Kier alpha value is -3.56. The van der Waals surface area contributed by atoms with Gasteiger partial charge in [-0.05, 0) is 85.3 Å².